The van der Waals surface area contributed by atoms with Gasteiger partial charge in [-0.05, 0) is 18.9 Å². The first-order valence-electron chi connectivity index (χ1n) is 5.22. The molecular weight excluding hydrogens is 219 g/mol. The van der Waals surface area contributed by atoms with Crippen LogP contribution in [0.15, 0.2) is 22.4 Å². The van der Waals surface area contributed by atoms with Crippen molar-refractivity contribution in [3.63, 3.8) is 0 Å². The molecule has 0 bridgehead atoms. The average Bonchev–Trinajstić information content (AvgIpc) is 2.67. The first-order valence-corrected chi connectivity index (χ1v) is 5.22. The lowest BCUT2D eigenvalue weighted by molar-refractivity contribution is -0.0931. The third-order valence-electron chi connectivity index (χ3n) is 2.19. The van der Waals surface area contributed by atoms with Gasteiger partial charge in [-0.3, -0.25) is 0 Å². The molecule has 0 aliphatic heterocycles. The summed E-state index contributed by atoms with van der Waals surface area (Å²) in [6.45, 7) is 1.95. The molecule has 0 radical (unpaired) electrons. The maximum Gasteiger partial charge on any atom is 0.412 e. The predicted molar refractivity (Wildman–Crippen MR) is 54.7 cm³/mol. The van der Waals surface area contributed by atoms with Crippen LogP contribution in [0.4, 0.5) is 13.2 Å². The first kappa shape index (κ1) is 12.8. The Bertz CT molecular complexity index is 327. The second kappa shape index (κ2) is 5.72. The second-order valence-corrected chi connectivity index (χ2v) is 3.55. The third kappa shape index (κ3) is 4.08. The van der Waals surface area contributed by atoms with Crippen LogP contribution in [0.3, 0.4) is 0 Å². The van der Waals surface area contributed by atoms with Gasteiger partial charge in [0.1, 0.15) is 12.0 Å². The van der Waals surface area contributed by atoms with Gasteiger partial charge >= 0.3 is 6.18 Å². The fourth-order valence-electron chi connectivity index (χ4n) is 1.34. The number of halogens is 3. The van der Waals surface area contributed by atoms with Crippen LogP contribution in [0.2, 0.25) is 0 Å². The van der Waals surface area contributed by atoms with E-state index >= 15 is 0 Å². The Hall–Kier alpha value is -1.26. The molecule has 16 heavy (non-hydrogen) atoms. The van der Waals surface area contributed by atoms with Crippen molar-refractivity contribution in [2.75, 3.05) is 0 Å². The summed E-state index contributed by atoms with van der Waals surface area (Å²) in [5, 5.41) is 3.45. The molecule has 0 aromatic carbocycles. The molecule has 1 rings (SSSR count). The summed E-state index contributed by atoms with van der Waals surface area (Å²) in [4.78, 5) is 0. The SMILES string of the molecule is CCCCCC(=Cc1ccon1)C(F)(F)F. The molecule has 0 saturated carbocycles. The Balaban J connectivity index is 2.72. The Morgan fingerprint density at radius 1 is 1.44 bits per heavy atom. The predicted octanol–water partition coefficient (Wildman–Crippen LogP) is 4.20. The van der Waals surface area contributed by atoms with Crippen LogP contribution in [-0.2, 0) is 0 Å². The highest BCUT2D eigenvalue weighted by Crippen LogP contribution is 2.31. The fraction of sp³-hybridized carbons (Fsp3) is 0.545. The van der Waals surface area contributed by atoms with Gasteiger partial charge in [-0.25, -0.2) is 0 Å². The van der Waals surface area contributed by atoms with Gasteiger partial charge in [-0.15, -0.1) is 0 Å². The minimum Gasteiger partial charge on any atom is -0.364 e. The second-order valence-electron chi connectivity index (χ2n) is 3.55. The summed E-state index contributed by atoms with van der Waals surface area (Å²) < 4.78 is 42.3. The van der Waals surface area contributed by atoms with Crippen molar-refractivity contribution in [2.24, 2.45) is 0 Å². The number of allylic oxidation sites excluding steroid dienone is 1. The largest absolute Gasteiger partial charge is 0.412 e. The lowest BCUT2D eigenvalue weighted by Crippen LogP contribution is -2.11. The minimum atomic E-state index is -4.29. The highest BCUT2D eigenvalue weighted by atomic mass is 19.4. The number of unbranched alkanes of at least 4 members (excludes halogenated alkanes) is 2. The summed E-state index contributed by atoms with van der Waals surface area (Å²) in [6, 6.07) is 1.41. The third-order valence-corrected chi connectivity index (χ3v) is 2.19. The molecule has 90 valence electrons. The van der Waals surface area contributed by atoms with E-state index in [1.807, 2.05) is 6.92 Å². The quantitative estimate of drug-likeness (QED) is 0.712. The van der Waals surface area contributed by atoms with Crippen molar-refractivity contribution in [2.45, 2.75) is 38.8 Å². The maximum atomic E-state index is 12.6. The first-order chi connectivity index (χ1) is 7.54. The van der Waals surface area contributed by atoms with Crippen molar-refractivity contribution in [1.29, 1.82) is 0 Å². The maximum absolute atomic E-state index is 12.6. The van der Waals surface area contributed by atoms with E-state index in [1.54, 1.807) is 0 Å². The molecule has 0 unspecified atom stereocenters. The van der Waals surface area contributed by atoms with Crippen molar-refractivity contribution < 1.29 is 17.7 Å². The summed E-state index contributed by atoms with van der Waals surface area (Å²) in [7, 11) is 0. The molecule has 1 heterocycles. The monoisotopic (exact) mass is 233 g/mol. The molecule has 0 N–H and O–H groups in total. The highest BCUT2D eigenvalue weighted by Gasteiger charge is 2.32. The molecule has 2 nitrogen and oxygen atoms in total. The molecule has 0 atom stereocenters. The highest BCUT2D eigenvalue weighted by molar-refractivity contribution is 5.49. The van der Waals surface area contributed by atoms with Gasteiger partial charge in [-0.2, -0.15) is 13.2 Å². The molecule has 0 spiro atoms. The van der Waals surface area contributed by atoms with Gasteiger partial charge in [0.05, 0.1) is 0 Å². The van der Waals surface area contributed by atoms with Gasteiger partial charge in [0.15, 0.2) is 0 Å². The van der Waals surface area contributed by atoms with Gasteiger partial charge in [-0.1, -0.05) is 24.9 Å². The molecule has 0 fully saturated rings. The standard InChI is InChI=1S/C11H14F3NO/c1-2-3-4-5-9(11(12,13)14)8-10-6-7-16-15-10/h6-8H,2-5H2,1H3. The number of aromatic nitrogens is 1. The summed E-state index contributed by atoms with van der Waals surface area (Å²) in [5.41, 5.74) is -0.335. The van der Waals surface area contributed by atoms with Gasteiger partial charge in [0.25, 0.3) is 0 Å². The normalized spacial score (nSPS) is 13.1. The lowest BCUT2D eigenvalue weighted by Gasteiger charge is -2.10. The van der Waals surface area contributed by atoms with E-state index in [4.69, 9.17) is 0 Å². The zero-order valence-corrected chi connectivity index (χ0v) is 9.05. The van der Waals surface area contributed by atoms with E-state index in [9.17, 15) is 13.2 Å². The zero-order valence-electron chi connectivity index (χ0n) is 9.05. The Labute approximate surface area is 92.1 Å². The van der Waals surface area contributed by atoms with Crippen molar-refractivity contribution in [3.05, 3.63) is 23.6 Å². The Morgan fingerprint density at radius 3 is 2.69 bits per heavy atom. The topological polar surface area (TPSA) is 26.0 Å². The molecule has 0 aliphatic carbocycles. The van der Waals surface area contributed by atoms with Crippen molar-refractivity contribution >= 4 is 6.08 Å². The van der Waals surface area contributed by atoms with E-state index < -0.39 is 11.7 Å². The van der Waals surface area contributed by atoms with E-state index in [0.717, 1.165) is 18.9 Å². The smallest absolute Gasteiger partial charge is 0.364 e. The lowest BCUT2D eigenvalue weighted by atomic mass is 10.1. The van der Waals surface area contributed by atoms with Crippen LogP contribution in [-0.4, -0.2) is 11.3 Å². The molecule has 1 aromatic rings. The van der Waals surface area contributed by atoms with Crippen LogP contribution < -0.4 is 0 Å². The van der Waals surface area contributed by atoms with Crippen molar-refractivity contribution in [3.8, 4) is 0 Å². The number of nitrogens with zero attached hydrogens (tertiary/aromatic N) is 1. The van der Waals surface area contributed by atoms with E-state index in [-0.39, 0.29) is 12.1 Å². The molecule has 5 heteroatoms. The Kier molecular flexibility index (Phi) is 4.58. The molecule has 0 saturated heterocycles. The van der Waals surface area contributed by atoms with Crippen molar-refractivity contribution in [1.82, 2.24) is 5.16 Å². The summed E-state index contributed by atoms with van der Waals surface area (Å²) in [5.74, 6) is 0. The number of rotatable bonds is 5. The molecular formula is C11H14F3NO. The number of hydrogen-bond donors (Lipinski definition) is 0. The molecule has 0 aliphatic rings. The molecule has 1 aromatic heterocycles. The fourth-order valence-corrected chi connectivity index (χ4v) is 1.34. The van der Waals surface area contributed by atoms with E-state index in [0.29, 0.717) is 6.42 Å². The minimum absolute atomic E-state index is 0.0319. The summed E-state index contributed by atoms with van der Waals surface area (Å²) in [6.07, 6.45) is 0.281. The van der Waals surface area contributed by atoms with Crippen LogP contribution in [0.1, 0.15) is 38.3 Å². The van der Waals surface area contributed by atoms with E-state index in [1.165, 1.54) is 12.3 Å². The van der Waals surface area contributed by atoms with Crippen LogP contribution in [0.25, 0.3) is 6.08 Å². The van der Waals surface area contributed by atoms with Gasteiger partial charge < -0.3 is 4.52 Å². The average molecular weight is 233 g/mol. The molecule has 0 amide bonds. The van der Waals surface area contributed by atoms with Crippen LogP contribution in [0, 0.1) is 0 Å². The van der Waals surface area contributed by atoms with Crippen LogP contribution in [0.5, 0.6) is 0 Å². The van der Waals surface area contributed by atoms with Crippen LogP contribution >= 0.6 is 0 Å². The zero-order chi connectivity index (χ0) is 12.0. The number of hydrogen-bond acceptors (Lipinski definition) is 2. The van der Waals surface area contributed by atoms with Gasteiger partial charge in [0, 0.05) is 11.6 Å². The van der Waals surface area contributed by atoms with Gasteiger partial charge in [0.2, 0.25) is 0 Å². The Morgan fingerprint density at radius 2 is 2.19 bits per heavy atom. The summed E-state index contributed by atoms with van der Waals surface area (Å²) >= 11 is 0. The number of alkyl halides is 3. The van der Waals surface area contributed by atoms with E-state index in [2.05, 4.69) is 9.68 Å².